The number of hydrogen-bond acceptors (Lipinski definition) is 7. The van der Waals surface area contributed by atoms with Gasteiger partial charge < -0.3 is 20.1 Å². The number of esters is 1. The van der Waals surface area contributed by atoms with E-state index in [1.54, 1.807) is 0 Å². The molecular weight excluding hydrogens is 665 g/mol. The number of phosphoric acid groups is 1. The van der Waals surface area contributed by atoms with Gasteiger partial charge in [0.25, 0.3) is 0 Å². The van der Waals surface area contributed by atoms with Gasteiger partial charge in [0.1, 0.15) is 12.7 Å². The maximum absolute atomic E-state index is 12.1. The van der Waals surface area contributed by atoms with Gasteiger partial charge in [0.15, 0.2) is 0 Å². The van der Waals surface area contributed by atoms with Crippen LogP contribution in [0.15, 0.2) is 48.6 Å². The Morgan fingerprint density at radius 2 is 1.08 bits per heavy atom. The summed E-state index contributed by atoms with van der Waals surface area (Å²) in [6.45, 7) is 3.45. The van der Waals surface area contributed by atoms with Crippen molar-refractivity contribution in [2.75, 3.05) is 26.4 Å². The summed E-state index contributed by atoms with van der Waals surface area (Å²) in [5, 5.41) is 12.6. The second-order valence-corrected chi connectivity index (χ2v) is 14.7. The van der Waals surface area contributed by atoms with E-state index < -0.39 is 26.5 Å². The molecular formula is C41H74NO8P. The Hall–Kier alpha value is -2.03. The zero-order chi connectivity index (χ0) is 37.5. The molecule has 0 aromatic rings. The maximum Gasteiger partial charge on any atom is 0.472 e. The molecule has 2 unspecified atom stereocenters. The molecule has 0 rings (SSSR count). The second-order valence-electron chi connectivity index (χ2n) is 13.2. The predicted molar refractivity (Wildman–Crippen MR) is 210 cm³/mol. The minimum absolute atomic E-state index is 0.0708. The second kappa shape index (κ2) is 37.7. The number of aliphatic hydroxyl groups is 1. The monoisotopic (exact) mass is 740 g/mol. The van der Waals surface area contributed by atoms with E-state index in [0.29, 0.717) is 6.42 Å². The van der Waals surface area contributed by atoms with Crippen LogP contribution in [0.4, 0.5) is 0 Å². The van der Waals surface area contributed by atoms with Gasteiger partial charge in [-0.15, -0.1) is 0 Å². The highest BCUT2D eigenvalue weighted by Gasteiger charge is 2.23. The largest absolute Gasteiger partial charge is 0.472 e. The number of rotatable bonds is 37. The average molecular weight is 740 g/mol. The summed E-state index contributed by atoms with van der Waals surface area (Å²) in [5.74, 6) is -0.548. The third kappa shape index (κ3) is 39.0. The number of allylic oxidation sites excluding steroid dienone is 8. The molecule has 9 nitrogen and oxygen atoms in total. The molecule has 0 spiro atoms. The SMILES string of the molecule is CCCC/C=C\C/C=C\CCCCCCCC(=O)OCC(O)COP(=O)(O)OCCNC(=O)CCCCCCC/C=C\C/C=C\CCCCCC. The van der Waals surface area contributed by atoms with Crippen molar-refractivity contribution >= 4 is 19.7 Å². The topological polar surface area (TPSA) is 131 Å². The van der Waals surface area contributed by atoms with Gasteiger partial charge >= 0.3 is 13.8 Å². The molecule has 0 aliphatic carbocycles. The number of aliphatic hydroxyl groups excluding tert-OH is 1. The van der Waals surface area contributed by atoms with E-state index in [2.05, 4.69) is 67.8 Å². The highest BCUT2D eigenvalue weighted by molar-refractivity contribution is 7.47. The van der Waals surface area contributed by atoms with E-state index in [9.17, 15) is 24.2 Å². The molecule has 51 heavy (non-hydrogen) atoms. The number of nitrogens with one attached hydrogen (secondary N) is 1. The van der Waals surface area contributed by atoms with Crippen LogP contribution in [0, 0.1) is 0 Å². The molecule has 296 valence electrons. The van der Waals surface area contributed by atoms with Gasteiger partial charge in [0.2, 0.25) is 5.91 Å². The van der Waals surface area contributed by atoms with E-state index in [0.717, 1.165) is 96.3 Å². The first-order valence-corrected chi connectivity index (χ1v) is 21.6. The fraction of sp³-hybridized carbons (Fsp3) is 0.756. The fourth-order valence-electron chi connectivity index (χ4n) is 5.13. The summed E-state index contributed by atoms with van der Waals surface area (Å²) in [6, 6.07) is 0. The van der Waals surface area contributed by atoms with Crippen LogP contribution in [-0.4, -0.2) is 54.3 Å². The van der Waals surface area contributed by atoms with Crippen LogP contribution >= 0.6 is 7.82 Å². The molecule has 0 saturated heterocycles. The molecule has 0 fully saturated rings. The first-order valence-electron chi connectivity index (χ1n) is 20.1. The van der Waals surface area contributed by atoms with Gasteiger partial charge in [-0.05, 0) is 70.6 Å². The van der Waals surface area contributed by atoms with Crippen LogP contribution in [0.3, 0.4) is 0 Å². The van der Waals surface area contributed by atoms with Crippen molar-refractivity contribution in [3.05, 3.63) is 48.6 Å². The minimum Gasteiger partial charge on any atom is -0.463 e. The third-order valence-electron chi connectivity index (χ3n) is 8.23. The molecule has 0 bridgehead atoms. The van der Waals surface area contributed by atoms with E-state index in [4.69, 9.17) is 13.8 Å². The highest BCUT2D eigenvalue weighted by Crippen LogP contribution is 2.42. The Morgan fingerprint density at radius 3 is 1.63 bits per heavy atom. The van der Waals surface area contributed by atoms with Crippen LogP contribution in [0.2, 0.25) is 0 Å². The van der Waals surface area contributed by atoms with Crippen LogP contribution in [0.5, 0.6) is 0 Å². The molecule has 0 aliphatic rings. The van der Waals surface area contributed by atoms with Crippen molar-refractivity contribution < 1.29 is 37.9 Å². The fourth-order valence-corrected chi connectivity index (χ4v) is 5.89. The zero-order valence-corrected chi connectivity index (χ0v) is 33.2. The molecule has 10 heteroatoms. The standard InChI is InChI=1S/C41H74NO8P/c1-3-5-7-9-11-13-15-17-19-20-21-23-25-27-29-31-33-40(44)42-35-36-49-51(46,47)50-38-39(43)37-48-41(45)34-32-30-28-26-24-22-18-16-14-12-10-8-6-4-2/h10,12-13,15-16,18-20,39,43H,3-9,11,14,17,21-38H2,1-2H3,(H,42,44)(H,46,47)/b12-10-,15-13-,18-16-,20-19-. The number of hydrogen-bond donors (Lipinski definition) is 3. The number of phosphoric ester groups is 1. The van der Waals surface area contributed by atoms with Crippen LogP contribution in [0.25, 0.3) is 0 Å². The molecule has 2 atom stereocenters. The zero-order valence-electron chi connectivity index (χ0n) is 32.3. The van der Waals surface area contributed by atoms with Gasteiger partial charge in [0.05, 0.1) is 13.2 Å². The van der Waals surface area contributed by atoms with Crippen molar-refractivity contribution in [2.45, 2.75) is 174 Å². The average Bonchev–Trinajstić information content (AvgIpc) is 3.11. The summed E-state index contributed by atoms with van der Waals surface area (Å²) in [5.41, 5.74) is 0. The Balaban J connectivity index is 3.66. The summed E-state index contributed by atoms with van der Waals surface area (Å²) < 4.78 is 26.8. The van der Waals surface area contributed by atoms with E-state index in [1.807, 2.05) is 0 Å². The smallest absolute Gasteiger partial charge is 0.463 e. The van der Waals surface area contributed by atoms with Crippen molar-refractivity contribution in [2.24, 2.45) is 0 Å². The lowest BCUT2D eigenvalue weighted by Gasteiger charge is -2.15. The minimum atomic E-state index is -4.42. The molecule has 0 heterocycles. The molecule has 1 amide bonds. The molecule has 0 radical (unpaired) electrons. The molecule has 0 saturated carbocycles. The maximum atomic E-state index is 12.1. The Labute approximate surface area is 311 Å². The highest BCUT2D eigenvalue weighted by atomic mass is 31.2. The van der Waals surface area contributed by atoms with Gasteiger partial charge in [-0.25, -0.2) is 4.57 Å². The van der Waals surface area contributed by atoms with Crippen molar-refractivity contribution in [1.82, 2.24) is 5.32 Å². The van der Waals surface area contributed by atoms with Gasteiger partial charge in [-0.2, -0.15) is 0 Å². The number of ether oxygens (including phenoxy) is 1. The number of carbonyl (C=O) groups excluding carboxylic acids is 2. The Morgan fingerprint density at radius 1 is 0.608 bits per heavy atom. The summed E-state index contributed by atoms with van der Waals surface area (Å²) in [6.07, 6.45) is 41.8. The molecule has 3 N–H and O–H groups in total. The first kappa shape index (κ1) is 49.0. The normalized spacial score (nSPS) is 13.9. The third-order valence-corrected chi connectivity index (χ3v) is 9.22. The Kier molecular flexibility index (Phi) is 36.2. The van der Waals surface area contributed by atoms with Crippen molar-refractivity contribution in [3.8, 4) is 0 Å². The molecule has 0 aromatic carbocycles. The number of amides is 1. The van der Waals surface area contributed by atoms with Gasteiger partial charge in [-0.1, -0.05) is 133 Å². The summed E-state index contributed by atoms with van der Waals surface area (Å²) in [4.78, 5) is 33.8. The predicted octanol–water partition coefficient (Wildman–Crippen LogP) is 10.8. The van der Waals surface area contributed by atoms with Crippen molar-refractivity contribution in [3.63, 3.8) is 0 Å². The molecule has 0 aliphatic heterocycles. The van der Waals surface area contributed by atoms with E-state index in [1.165, 1.54) is 44.9 Å². The van der Waals surface area contributed by atoms with Crippen LogP contribution in [0.1, 0.15) is 168 Å². The lowest BCUT2D eigenvalue weighted by atomic mass is 10.1. The number of unbranched alkanes of at least 4 members (excludes halogenated alkanes) is 16. The van der Waals surface area contributed by atoms with Crippen LogP contribution in [-0.2, 0) is 27.9 Å². The van der Waals surface area contributed by atoms with Crippen molar-refractivity contribution in [1.29, 1.82) is 0 Å². The first-order chi connectivity index (χ1) is 24.8. The lowest BCUT2D eigenvalue weighted by molar-refractivity contribution is -0.147. The molecule has 0 aromatic heterocycles. The lowest BCUT2D eigenvalue weighted by Crippen LogP contribution is -2.27. The van der Waals surface area contributed by atoms with E-state index in [-0.39, 0.29) is 32.1 Å². The summed E-state index contributed by atoms with van der Waals surface area (Å²) in [7, 11) is -4.42. The van der Waals surface area contributed by atoms with Gasteiger partial charge in [0, 0.05) is 19.4 Å². The Bertz CT molecular complexity index is 981. The quantitative estimate of drug-likeness (QED) is 0.0248. The van der Waals surface area contributed by atoms with E-state index >= 15 is 0 Å². The van der Waals surface area contributed by atoms with Crippen LogP contribution < -0.4 is 5.32 Å². The van der Waals surface area contributed by atoms with Gasteiger partial charge in [-0.3, -0.25) is 18.6 Å². The number of carbonyl (C=O) groups is 2. The summed E-state index contributed by atoms with van der Waals surface area (Å²) >= 11 is 0.